The van der Waals surface area contributed by atoms with Gasteiger partial charge in [-0.1, -0.05) is 35.3 Å². The minimum Gasteiger partial charge on any atom is -0.284 e. The first kappa shape index (κ1) is 15.1. The van der Waals surface area contributed by atoms with E-state index in [-0.39, 0.29) is 5.02 Å². The molecule has 1 N–H and O–H groups in total. The van der Waals surface area contributed by atoms with Crippen molar-refractivity contribution < 1.29 is 12.8 Å². The lowest BCUT2D eigenvalue weighted by molar-refractivity contribution is 0.607. The van der Waals surface area contributed by atoms with Crippen molar-refractivity contribution in [1.82, 2.24) is 0 Å². The first-order valence-electron chi connectivity index (χ1n) is 5.49. The van der Waals surface area contributed by atoms with Gasteiger partial charge in [-0.3, -0.25) is 4.72 Å². The molecule has 0 saturated carbocycles. The molecule has 0 unspecified atom stereocenters. The molecule has 0 aliphatic carbocycles. The Morgan fingerprint density at radius 1 is 1.05 bits per heavy atom. The second-order valence-electron chi connectivity index (χ2n) is 4.20. The third-order valence-corrected chi connectivity index (χ3v) is 3.71. The highest BCUT2D eigenvalue weighted by atomic mass is 35.5. The van der Waals surface area contributed by atoms with Crippen LogP contribution >= 0.6 is 23.2 Å². The minimum atomic E-state index is -3.36. The number of nitrogens with one attached hydrogen (secondary N) is 1. The zero-order valence-corrected chi connectivity index (χ0v) is 12.7. The van der Waals surface area contributed by atoms with Crippen molar-refractivity contribution in [3.05, 3.63) is 52.3 Å². The standard InChI is InChI=1S/C13H10Cl2FNO2S/c1-20(18,19)17-9-3-4-10(11(14)7-9)8-2-5-13(16)12(15)6-8/h2-7,17H,1H3. The van der Waals surface area contributed by atoms with E-state index < -0.39 is 15.8 Å². The minimum absolute atomic E-state index is 0.00287. The molecule has 2 aromatic rings. The quantitative estimate of drug-likeness (QED) is 0.916. The Labute approximate surface area is 126 Å². The number of sulfonamides is 1. The van der Waals surface area contributed by atoms with Crippen LogP contribution in [0.1, 0.15) is 0 Å². The highest BCUT2D eigenvalue weighted by Gasteiger charge is 2.09. The van der Waals surface area contributed by atoms with Gasteiger partial charge in [0.2, 0.25) is 10.0 Å². The Hall–Kier alpha value is -1.30. The van der Waals surface area contributed by atoms with E-state index in [4.69, 9.17) is 23.2 Å². The van der Waals surface area contributed by atoms with Crippen LogP contribution in [0.25, 0.3) is 11.1 Å². The van der Waals surface area contributed by atoms with Crippen LogP contribution in [0.5, 0.6) is 0 Å². The highest BCUT2D eigenvalue weighted by Crippen LogP contribution is 2.32. The summed E-state index contributed by atoms with van der Waals surface area (Å²) in [7, 11) is -3.36. The molecule has 0 aromatic heterocycles. The van der Waals surface area contributed by atoms with Gasteiger partial charge in [-0.15, -0.1) is 0 Å². The monoisotopic (exact) mass is 333 g/mol. The van der Waals surface area contributed by atoms with Crippen LogP contribution in [0.15, 0.2) is 36.4 Å². The summed E-state index contributed by atoms with van der Waals surface area (Å²) in [5, 5.41) is 0.332. The summed E-state index contributed by atoms with van der Waals surface area (Å²) in [6.07, 6.45) is 1.05. The summed E-state index contributed by atoms with van der Waals surface area (Å²) in [5.41, 5.74) is 1.63. The molecule has 2 aromatic carbocycles. The van der Waals surface area contributed by atoms with Crippen LogP contribution < -0.4 is 4.72 Å². The lowest BCUT2D eigenvalue weighted by atomic mass is 10.1. The second-order valence-corrected chi connectivity index (χ2v) is 6.76. The SMILES string of the molecule is CS(=O)(=O)Nc1ccc(-c2ccc(F)c(Cl)c2)c(Cl)c1. The van der Waals surface area contributed by atoms with E-state index in [1.807, 2.05) is 0 Å². The maximum absolute atomic E-state index is 13.1. The van der Waals surface area contributed by atoms with Gasteiger partial charge in [0.1, 0.15) is 5.82 Å². The van der Waals surface area contributed by atoms with Crippen LogP contribution in [0.4, 0.5) is 10.1 Å². The van der Waals surface area contributed by atoms with Gasteiger partial charge in [0, 0.05) is 11.3 Å². The topological polar surface area (TPSA) is 46.2 Å². The van der Waals surface area contributed by atoms with Crippen LogP contribution in [-0.2, 0) is 10.0 Å². The fourth-order valence-corrected chi connectivity index (χ4v) is 2.72. The van der Waals surface area contributed by atoms with Crippen LogP contribution in [-0.4, -0.2) is 14.7 Å². The largest absolute Gasteiger partial charge is 0.284 e. The molecule has 0 radical (unpaired) electrons. The second kappa shape index (κ2) is 5.60. The van der Waals surface area contributed by atoms with Crippen molar-refractivity contribution >= 4 is 38.9 Å². The Kier molecular flexibility index (Phi) is 4.22. The molecule has 0 aliphatic heterocycles. The Morgan fingerprint density at radius 3 is 2.30 bits per heavy atom. The number of halogens is 3. The Morgan fingerprint density at radius 2 is 1.75 bits per heavy atom. The van der Waals surface area contributed by atoms with Gasteiger partial charge >= 0.3 is 0 Å². The Balaban J connectivity index is 2.41. The van der Waals surface area contributed by atoms with Crippen LogP contribution in [0.3, 0.4) is 0 Å². The molecule has 0 atom stereocenters. The van der Waals surface area contributed by atoms with Gasteiger partial charge < -0.3 is 0 Å². The van der Waals surface area contributed by atoms with E-state index in [2.05, 4.69) is 4.72 Å². The van der Waals surface area contributed by atoms with Gasteiger partial charge in [0.15, 0.2) is 0 Å². The molecule has 0 saturated heterocycles. The van der Waals surface area contributed by atoms with Crippen molar-refractivity contribution in [1.29, 1.82) is 0 Å². The maximum Gasteiger partial charge on any atom is 0.229 e. The number of hydrogen-bond donors (Lipinski definition) is 1. The zero-order chi connectivity index (χ0) is 14.9. The molecular formula is C13H10Cl2FNO2S. The molecule has 0 amide bonds. The molecule has 0 bridgehead atoms. The van der Waals surface area contributed by atoms with Crippen molar-refractivity contribution in [2.45, 2.75) is 0 Å². The van der Waals surface area contributed by atoms with Gasteiger partial charge in [0.25, 0.3) is 0 Å². The van der Waals surface area contributed by atoms with Gasteiger partial charge in [0.05, 0.1) is 16.3 Å². The number of anilines is 1. The fourth-order valence-electron chi connectivity index (χ4n) is 1.69. The molecular weight excluding hydrogens is 324 g/mol. The van der Waals surface area contributed by atoms with E-state index in [1.165, 1.54) is 18.2 Å². The predicted octanol–water partition coefficient (Wildman–Crippen LogP) is 4.17. The van der Waals surface area contributed by atoms with E-state index >= 15 is 0 Å². The van der Waals surface area contributed by atoms with E-state index in [9.17, 15) is 12.8 Å². The smallest absolute Gasteiger partial charge is 0.229 e. The third-order valence-electron chi connectivity index (χ3n) is 2.50. The lowest BCUT2D eigenvalue weighted by Gasteiger charge is -2.09. The summed E-state index contributed by atoms with van der Waals surface area (Å²) in [6.45, 7) is 0. The van der Waals surface area contributed by atoms with E-state index in [0.29, 0.717) is 21.8 Å². The van der Waals surface area contributed by atoms with Crippen molar-refractivity contribution in [3.63, 3.8) is 0 Å². The molecule has 0 spiro atoms. The summed E-state index contributed by atoms with van der Waals surface area (Å²) >= 11 is 11.8. The average Bonchev–Trinajstić information content (AvgIpc) is 2.31. The zero-order valence-electron chi connectivity index (χ0n) is 10.3. The Bertz CT molecular complexity index is 763. The molecule has 3 nitrogen and oxygen atoms in total. The predicted molar refractivity (Wildman–Crippen MR) is 80.3 cm³/mol. The van der Waals surface area contributed by atoms with Crippen molar-refractivity contribution in [2.75, 3.05) is 11.0 Å². The summed E-state index contributed by atoms with van der Waals surface area (Å²) < 4.78 is 37.7. The number of benzene rings is 2. The van der Waals surface area contributed by atoms with Crippen molar-refractivity contribution in [2.24, 2.45) is 0 Å². The summed E-state index contributed by atoms with van der Waals surface area (Å²) in [6, 6.07) is 8.94. The molecule has 0 heterocycles. The summed E-state index contributed by atoms with van der Waals surface area (Å²) in [4.78, 5) is 0. The molecule has 0 fully saturated rings. The first-order valence-corrected chi connectivity index (χ1v) is 8.14. The number of hydrogen-bond acceptors (Lipinski definition) is 2. The van der Waals surface area contributed by atoms with Gasteiger partial charge in [-0.05, 0) is 29.8 Å². The molecule has 7 heteroatoms. The maximum atomic E-state index is 13.1. The molecule has 106 valence electrons. The first-order chi connectivity index (χ1) is 9.26. The number of rotatable bonds is 3. The van der Waals surface area contributed by atoms with E-state index in [1.54, 1.807) is 18.2 Å². The van der Waals surface area contributed by atoms with Crippen LogP contribution in [0, 0.1) is 5.82 Å². The fraction of sp³-hybridized carbons (Fsp3) is 0.0769. The molecule has 20 heavy (non-hydrogen) atoms. The normalized spacial score (nSPS) is 11.4. The molecule has 0 aliphatic rings. The van der Waals surface area contributed by atoms with E-state index in [0.717, 1.165) is 6.26 Å². The summed E-state index contributed by atoms with van der Waals surface area (Å²) in [5.74, 6) is -0.512. The highest BCUT2D eigenvalue weighted by molar-refractivity contribution is 7.92. The average molecular weight is 334 g/mol. The van der Waals surface area contributed by atoms with Crippen LogP contribution in [0.2, 0.25) is 10.0 Å². The lowest BCUT2D eigenvalue weighted by Crippen LogP contribution is -2.09. The third kappa shape index (κ3) is 3.62. The van der Waals surface area contributed by atoms with Crippen molar-refractivity contribution in [3.8, 4) is 11.1 Å². The molecule has 2 rings (SSSR count). The van der Waals surface area contributed by atoms with Gasteiger partial charge in [-0.25, -0.2) is 12.8 Å². The van der Waals surface area contributed by atoms with Gasteiger partial charge in [-0.2, -0.15) is 0 Å².